The van der Waals surface area contributed by atoms with Gasteiger partial charge in [0.2, 0.25) is 0 Å². The molecule has 4 heterocycles. The highest BCUT2D eigenvalue weighted by atomic mass is 32.1. The van der Waals surface area contributed by atoms with Gasteiger partial charge in [0.05, 0.1) is 0 Å². The molecule has 3 aliphatic heterocycles. The number of hydrogen-bond acceptors (Lipinski definition) is 4. The second kappa shape index (κ2) is 7.45. The standard InChI is InChI=1S/C20H32N2OS/c1-17-3-4-19(24-17)14-22-10-8-20(16-22)7-2-9-21(15-20)13-18-5-11-23-12-6-18/h3-4,18H,2,5-16H2,1H3/t20-/m0/s1. The molecule has 0 aromatic carbocycles. The first kappa shape index (κ1) is 17.0. The zero-order valence-electron chi connectivity index (χ0n) is 15.1. The second-order valence-electron chi connectivity index (χ2n) is 8.37. The van der Waals surface area contributed by atoms with E-state index in [1.54, 1.807) is 4.88 Å². The Kier molecular flexibility index (Phi) is 5.28. The SMILES string of the molecule is Cc1ccc(CN2CC[C@]3(CCCN(CC4CCOCC4)C3)C2)s1. The van der Waals surface area contributed by atoms with Gasteiger partial charge in [-0.15, -0.1) is 11.3 Å². The van der Waals surface area contributed by atoms with Gasteiger partial charge in [-0.2, -0.15) is 0 Å². The minimum absolute atomic E-state index is 0.579. The lowest BCUT2D eigenvalue weighted by Crippen LogP contribution is -2.46. The Bertz CT molecular complexity index is 539. The number of likely N-dealkylation sites (tertiary alicyclic amines) is 2. The smallest absolute Gasteiger partial charge is 0.0469 e. The van der Waals surface area contributed by atoms with E-state index < -0.39 is 0 Å². The fourth-order valence-electron chi connectivity index (χ4n) is 5.05. The Morgan fingerprint density at radius 3 is 2.75 bits per heavy atom. The molecule has 1 spiro atoms. The first-order valence-corrected chi connectivity index (χ1v) is 10.6. The summed E-state index contributed by atoms with van der Waals surface area (Å²) in [5.74, 6) is 0.875. The molecule has 3 fully saturated rings. The lowest BCUT2D eigenvalue weighted by molar-refractivity contribution is 0.0312. The quantitative estimate of drug-likeness (QED) is 0.824. The number of aryl methyl sites for hydroxylation is 1. The number of ether oxygens (including phenoxy) is 1. The number of hydrogen-bond donors (Lipinski definition) is 0. The minimum Gasteiger partial charge on any atom is -0.381 e. The maximum absolute atomic E-state index is 5.53. The van der Waals surface area contributed by atoms with Gasteiger partial charge >= 0.3 is 0 Å². The number of piperidine rings is 1. The maximum atomic E-state index is 5.53. The average Bonchev–Trinajstić information content (AvgIpc) is 3.15. The van der Waals surface area contributed by atoms with Gasteiger partial charge in [0.1, 0.15) is 0 Å². The van der Waals surface area contributed by atoms with Crippen LogP contribution in [-0.2, 0) is 11.3 Å². The van der Waals surface area contributed by atoms with Crippen LogP contribution in [0.4, 0.5) is 0 Å². The lowest BCUT2D eigenvalue weighted by atomic mass is 9.79. The summed E-state index contributed by atoms with van der Waals surface area (Å²) in [6.45, 7) is 11.9. The summed E-state index contributed by atoms with van der Waals surface area (Å²) < 4.78 is 5.53. The van der Waals surface area contributed by atoms with Crippen LogP contribution < -0.4 is 0 Å². The molecule has 0 unspecified atom stereocenters. The van der Waals surface area contributed by atoms with Crippen molar-refractivity contribution < 1.29 is 4.74 Å². The molecule has 0 saturated carbocycles. The topological polar surface area (TPSA) is 15.7 Å². The van der Waals surface area contributed by atoms with Crippen molar-refractivity contribution >= 4 is 11.3 Å². The Balaban J connectivity index is 1.31. The van der Waals surface area contributed by atoms with Gasteiger partial charge in [-0.25, -0.2) is 0 Å². The van der Waals surface area contributed by atoms with Crippen LogP contribution in [0.1, 0.15) is 41.9 Å². The van der Waals surface area contributed by atoms with Crippen LogP contribution >= 0.6 is 11.3 Å². The van der Waals surface area contributed by atoms with Crippen molar-refractivity contribution in [3.63, 3.8) is 0 Å². The Morgan fingerprint density at radius 1 is 1.12 bits per heavy atom. The van der Waals surface area contributed by atoms with Crippen LogP contribution in [0.15, 0.2) is 12.1 Å². The molecule has 4 heteroatoms. The van der Waals surface area contributed by atoms with E-state index in [4.69, 9.17) is 4.74 Å². The van der Waals surface area contributed by atoms with E-state index in [9.17, 15) is 0 Å². The van der Waals surface area contributed by atoms with Crippen molar-refractivity contribution in [1.82, 2.24) is 9.80 Å². The Morgan fingerprint density at radius 2 is 1.96 bits per heavy atom. The fourth-order valence-corrected chi connectivity index (χ4v) is 5.98. The van der Waals surface area contributed by atoms with E-state index in [2.05, 4.69) is 28.9 Å². The molecule has 1 aromatic rings. The highest BCUT2D eigenvalue weighted by molar-refractivity contribution is 7.11. The van der Waals surface area contributed by atoms with Crippen LogP contribution in [0.3, 0.4) is 0 Å². The predicted molar refractivity (Wildman–Crippen MR) is 101 cm³/mol. The van der Waals surface area contributed by atoms with Crippen LogP contribution in [-0.4, -0.2) is 55.7 Å². The lowest BCUT2D eigenvalue weighted by Gasteiger charge is -2.42. The zero-order valence-corrected chi connectivity index (χ0v) is 16.0. The highest BCUT2D eigenvalue weighted by Crippen LogP contribution is 2.40. The van der Waals surface area contributed by atoms with Crippen molar-refractivity contribution in [1.29, 1.82) is 0 Å². The zero-order chi connectivity index (χ0) is 16.4. The van der Waals surface area contributed by atoms with E-state index in [1.165, 1.54) is 76.2 Å². The van der Waals surface area contributed by atoms with Gasteiger partial charge in [0.25, 0.3) is 0 Å². The fraction of sp³-hybridized carbons (Fsp3) is 0.800. The van der Waals surface area contributed by atoms with Crippen LogP contribution in [0.5, 0.6) is 0 Å². The summed E-state index contributed by atoms with van der Waals surface area (Å²) in [4.78, 5) is 8.49. The molecule has 24 heavy (non-hydrogen) atoms. The van der Waals surface area contributed by atoms with Gasteiger partial charge in [0.15, 0.2) is 0 Å². The predicted octanol–water partition coefficient (Wildman–Crippen LogP) is 3.77. The molecule has 0 aliphatic carbocycles. The first-order valence-electron chi connectivity index (χ1n) is 9.79. The molecule has 3 nitrogen and oxygen atoms in total. The molecular formula is C20H32N2OS. The summed E-state index contributed by atoms with van der Waals surface area (Å²) in [5, 5.41) is 0. The summed E-state index contributed by atoms with van der Waals surface area (Å²) in [6, 6.07) is 4.59. The minimum atomic E-state index is 0.579. The third-order valence-electron chi connectivity index (χ3n) is 6.29. The van der Waals surface area contributed by atoms with Crippen molar-refractivity contribution in [2.24, 2.45) is 11.3 Å². The summed E-state index contributed by atoms with van der Waals surface area (Å²) >= 11 is 1.97. The van der Waals surface area contributed by atoms with E-state index in [1.807, 2.05) is 11.3 Å². The van der Waals surface area contributed by atoms with E-state index in [0.717, 1.165) is 19.1 Å². The third kappa shape index (κ3) is 4.04. The second-order valence-corrected chi connectivity index (χ2v) is 9.74. The first-order chi connectivity index (χ1) is 11.7. The summed E-state index contributed by atoms with van der Waals surface area (Å²) in [7, 11) is 0. The Hall–Kier alpha value is -0.420. The molecule has 0 N–H and O–H groups in total. The Labute approximate surface area is 151 Å². The molecule has 4 rings (SSSR count). The molecule has 0 bridgehead atoms. The van der Waals surface area contributed by atoms with Crippen LogP contribution in [0.2, 0.25) is 0 Å². The highest BCUT2D eigenvalue weighted by Gasteiger charge is 2.41. The normalized spacial score (nSPS) is 30.4. The van der Waals surface area contributed by atoms with Gasteiger partial charge < -0.3 is 9.64 Å². The summed E-state index contributed by atoms with van der Waals surface area (Å²) in [5.41, 5.74) is 0.579. The van der Waals surface area contributed by atoms with Gasteiger partial charge in [-0.05, 0) is 75.6 Å². The van der Waals surface area contributed by atoms with E-state index in [-0.39, 0.29) is 0 Å². The van der Waals surface area contributed by atoms with Crippen molar-refractivity contribution in [3.05, 3.63) is 21.9 Å². The van der Waals surface area contributed by atoms with Crippen molar-refractivity contribution in [2.75, 3.05) is 45.9 Å². The number of nitrogens with zero attached hydrogens (tertiary/aromatic N) is 2. The molecule has 3 aliphatic rings. The van der Waals surface area contributed by atoms with Crippen molar-refractivity contribution in [3.8, 4) is 0 Å². The van der Waals surface area contributed by atoms with Crippen LogP contribution in [0.25, 0.3) is 0 Å². The van der Waals surface area contributed by atoms with Gasteiger partial charge in [-0.3, -0.25) is 4.90 Å². The van der Waals surface area contributed by atoms with E-state index in [0.29, 0.717) is 5.41 Å². The molecule has 0 radical (unpaired) electrons. The van der Waals surface area contributed by atoms with Crippen LogP contribution in [0, 0.1) is 18.3 Å². The largest absolute Gasteiger partial charge is 0.381 e. The molecule has 3 saturated heterocycles. The number of thiophene rings is 1. The average molecular weight is 349 g/mol. The molecular weight excluding hydrogens is 316 g/mol. The third-order valence-corrected chi connectivity index (χ3v) is 7.28. The van der Waals surface area contributed by atoms with Crippen molar-refractivity contribution in [2.45, 2.75) is 45.6 Å². The van der Waals surface area contributed by atoms with Gasteiger partial charge in [-0.1, -0.05) is 0 Å². The maximum Gasteiger partial charge on any atom is 0.0469 e. The van der Waals surface area contributed by atoms with Gasteiger partial charge in [0, 0.05) is 49.1 Å². The molecule has 134 valence electrons. The summed E-state index contributed by atoms with van der Waals surface area (Å²) in [6.07, 6.45) is 6.79. The number of rotatable bonds is 4. The van der Waals surface area contributed by atoms with E-state index >= 15 is 0 Å². The molecule has 0 amide bonds. The molecule has 1 atom stereocenters. The monoisotopic (exact) mass is 348 g/mol. The molecule has 1 aromatic heterocycles.